The molecule has 5 heteroatoms. The lowest BCUT2D eigenvalue weighted by Crippen LogP contribution is -2.55. The van der Waals surface area contributed by atoms with E-state index in [0.717, 1.165) is 53.3 Å². The number of carbonyl (C=O) groups excluding carboxylic acids is 1. The van der Waals surface area contributed by atoms with Crippen LogP contribution in [-0.2, 0) is 24.7 Å². The topological polar surface area (TPSA) is 54.0 Å². The third-order valence-electron chi connectivity index (χ3n) is 7.34. The molecule has 3 aromatic carbocycles. The molecule has 1 atom stereocenters. The molecule has 4 nitrogen and oxygen atoms in total. The Hall–Kier alpha value is -3.73. The number of halogens is 1. The average molecular weight is 438 g/mol. The summed E-state index contributed by atoms with van der Waals surface area (Å²) in [5, 5.41) is 8.28. The Bertz CT molecular complexity index is 1350. The van der Waals surface area contributed by atoms with E-state index in [0.29, 0.717) is 0 Å². The number of benzene rings is 3. The summed E-state index contributed by atoms with van der Waals surface area (Å²) >= 11 is 0. The number of carbonyl (C=O) groups is 1. The first kappa shape index (κ1) is 19.9. The zero-order valence-corrected chi connectivity index (χ0v) is 18.1. The minimum Gasteiger partial charge on any atom is -0.334 e. The van der Waals surface area contributed by atoms with Crippen LogP contribution in [0.5, 0.6) is 0 Å². The SMILES string of the molecule is O=C(Nc1cccc2cnccc12)NC1CCc2cc(F)ccc2C12Cc1ccccc1C2. The van der Waals surface area contributed by atoms with Crippen LogP contribution < -0.4 is 10.6 Å². The van der Waals surface area contributed by atoms with Crippen molar-refractivity contribution >= 4 is 22.5 Å². The van der Waals surface area contributed by atoms with E-state index in [1.807, 2.05) is 30.3 Å². The first-order valence-corrected chi connectivity index (χ1v) is 11.4. The van der Waals surface area contributed by atoms with Gasteiger partial charge in [-0.1, -0.05) is 42.5 Å². The van der Waals surface area contributed by atoms with Crippen LogP contribution in [0.1, 0.15) is 28.7 Å². The van der Waals surface area contributed by atoms with Gasteiger partial charge in [0.15, 0.2) is 0 Å². The molecule has 4 aromatic rings. The van der Waals surface area contributed by atoms with Gasteiger partial charge in [0.2, 0.25) is 0 Å². The van der Waals surface area contributed by atoms with Gasteiger partial charge in [-0.2, -0.15) is 0 Å². The van der Waals surface area contributed by atoms with Crippen LogP contribution in [0, 0.1) is 5.82 Å². The molecule has 0 radical (unpaired) electrons. The Morgan fingerprint density at radius 1 is 0.970 bits per heavy atom. The summed E-state index contributed by atoms with van der Waals surface area (Å²) in [4.78, 5) is 17.4. The van der Waals surface area contributed by atoms with Crippen LogP contribution in [0.4, 0.5) is 14.9 Å². The fourth-order valence-corrected chi connectivity index (χ4v) is 5.86. The molecule has 0 saturated carbocycles. The molecule has 2 aliphatic carbocycles. The molecule has 0 aliphatic heterocycles. The standard InChI is InChI=1S/C28H24FN3O/c29-22-9-10-24-18(14-22)8-11-26(28(24)15-19-4-1-2-5-20(19)16-28)32-27(33)31-25-7-3-6-21-17-30-13-12-23(21)25/h1-7,9-10,12-14,17,26H,8,11,15-16H2,(H2,31,32,33). The molecule has 1 spiro atoms. The van der Waals surface area contributed by atoms with Gasteiger partial charge in [0.05, 0.1) is 5.69 Å². The molecule has 2 amide bonds. The van der Waals surface area contributed by atoms with Gasteiger partial charge in [-0.25, -0.2) is 9.18 Å². The number of aryl methyl sites for hydroxylation is 1. The third kappa shape index (κ3) is 3.35. The number of anilines is 1. The fraction of sp³-hybridized carbons (Fsp3) is 0.214. The molecule has 0 bridgehead atoms. The van der Waals surface area contributed by atoms with Gasteiger partial charge < -0.3 is 10.6 Å². The number of pyridine rings is 1. The zero-order chi connectivity index (χ0) is 22.4. The number of aromatic nitrogens is 1. The molecule has 0 saturated heterocycles. The molecule has 1 unspecified atom stereocenters. The van der Waals surface area contributed by atoms with Crippen molar-refractivity contribution in [1.29, 1.82) is 0 Å². The molecule has 1 aromatic heterocycles. The number of rotatable bonds is 2. The number of urea groups is 1. The summed E-state index contributed by atoms with van der Waals surface area (Å²) < 4.78 is 14.0. The van der Waals surface area contributed by atoms with Crippen molar-refractivity contribution in [2.45, 2.75) is 37.1 Å². The van der Waals surface area contributed by atoms with E-state index in [9.17, 15) is 9.18 Å². The number of amides is 2. The number of nitrogens with zero attached hydrogens (tertiary/aromatic N) is 1. The lowest BCUT2D eigenvalue weighted by atomic mass is 9.65. The Morgan fingerprint density at radius 2 is 1.79 bits per heavy atom. The molecule has 1 heterocycles. The Kier molecular flexibility index (Phi) is 4.64. The molecule has 33 heavy (non-hydrogen) atoms. The van der Waals surface area contributed by atoms with Crippen LogP contribution in [0.3, 0.4) is 0 Å². The largest absolute Gasteiger partial charge is 0.334 e. The Morgan fingerprint density at radius 3 is 2.61 bits per heavy atom. The van der Waals surface area contributed by atoms with Crippen LogP contribution in [-0.4, -0.2) is 17.1 Å². The summed E-state index contributed by atoms with van der Waals surface area (Å²) in [6, 6.07) is 21.1. The van der Waals surface area contributed by atoms with Gasteiger partial charge in [0, 0.05) is 34.6 Å². The van der Waals surface area contributed by atoms with Crippen LogP contribution >= 0.6 is 0 Å². The Balaban J connectivity index is 1.33. The van der Waals surface area contributed by atoms with E-state index in [4.69, 9.17) is 0 Å². The van der Waals surface area contributed by atoms with Crippen LogP contribution in [0.2, 0.25) is 0 Å². The summed E-state index contributed by atoms with van der Waals surface area (Å²) in [5.41, 5.74) is 5.32. The molecule has 164 valence electrons. The van der Waals surface area contributed by atoms with E-state index in [2.05, 4.69) is 39.9 Å². The fourth-order valence-electron chi connectivity index (χ4n) is 5.86. The highest BCUT2D eigenvalue weighted by Gasteiger charge is 2.48. The predicted molar refractivity (Wildman–Crippen MR) is 128 cm³/mol. The summed E-state index contributed by atoms with van der Waals surface area (Å²) in [7, 11) is 0. The summed E-state index contributed by atoms with van der Waals surface area (Å²) in [6.07, 6.45) is 6.72. The van der Waals surface area contributed by atoms with Crippen LogP contribution in [0.15, 0.2) is 79.1 Å². The second kappa shape index (κ2) is 7.69. The lowest BCUT2D eigenvalue weighted by molar-refractivity contribution is 0.228. The van der Waals surface area contributed by atoms with Crippen LogP contribution in [0.25, 0.3) is 10.8 Å². The highest BCUT2D eigenvalue weighted by Crippen LogP contribution is 2.47. The number of hydrogen-bond acceptors (Lipinski definition) is 2. The van der Waals surface area contributed by atoms with E-state index in [-0.39, 0.29) is 23.3 Å². The van der Waals surface area contributed by atoms with Crippen molar-refractivity contribution in [3.8, 4) is 0 Å². The van der Waals surface area contributed by atoms with Gasteiger partial charge in [-0.05, 0) is 72.2 Å². The molecule has 2 aliphatic rings. The molecule has 6 rings (SSSR count). The number of fused-ring (bicyclic) bond motifs is 4. The number of nitrogens with one attached hydrogen (secondary N) is 2. The van der Waals surface area contributed by atoms with Crippen molar-refractivity contribution in [2.24, 2.45) is 0 Å². The van der Waals surface area contributed by atoms with E-state index in [1.165, 1.54) is 11.1 Å². The molecular formula is C28H24FN3O. The van der Waals surface area contributed by atoms with Gasteiger partial charge in [-0.3, -0.25) is 4.98 Å². The summed E-state index contributed by atoms with van der Waals surface area (Å²) in [6.45, 7) is 0. The minimum absolute atomic E-state index is 0.0560. The van der Waals surface area contributed by atoms with Crippen molar-refractivity contribution in [3.05, 3.63) is 107 Å². The molecule has 0 fully saturated rings. The highest BCUT2D eigenvalue weighted by molar-refractivity contribution is 6.01. The second-order valence-electron chi connectivity index (χ2n) is 9.17. The third-order valence-corrected chi connectivity index (χ3v) is 7.34. The van der Waals surface area contributed by atoms with Crippen molar-refractivity contribution in [2.75, 3.05) is 5.32 Å². The Labute approximate surface area is 191 Å². The molecule has 2 N–H and O–H groups in total. The second-order valence-corrected chi connectivity index (χ2v) is 9.17. The van der Waals surface area contributed by atoms with E-state index in [1.54, 1.807) is 24.5 Å². The molecular weight excluding hydrogens is 413 g/mol. The maximum absolute atomic E-state index is 14.0. The summed E-state index contributed by atoms with van der Waals surface area (Å²) in [5.74, 6) is -0.200. The highest BCUT2D eigenvalue weighted by atomic mass is 19.1. The maximum Gasteiger partial charge on any atom is 0.319 e. The van der Waals surface area contributed by atoms with Crippen molar-refractivity contribution < 1.29 is 9.18 Å². The zero-order valence-electron chi connectivity index (χ0n) is 18.1. The monoisotopic (exact) mass is 437 g/mol. The minimum atomic E-state index is -0.273. The number of hydrogen-bond donors (Lipinski definition) is 2. The van der Waals surface area contributed by atoms with Gasteiger partial charge in [0.25, 0.3) is 0 Å². The van der Waals surface area contributed by atoms with Crippen molar-refractivity contribution in [1.82, 2.24) is 10.3 Å². The van der Waals surface area contributed by atoms with Crippen molar-refractivity contribution in [3.63, 3.8) is 0 Å². The first-order chi connectivity index (χ1) is 16.1. The first-order valence-electron chi connectivity index (χ1n) is 11.4. The normalized spacial score (nSPS) is 18.0. The quantitative estimate of drug-likeness (QED) is 0.432. The smallest absolute Gasteiger partial charge is 0.319 e. The van der Waals surface area contributed by atoms with E-state index >= 15 is 0 Å². The predicted octanol–water partition coefficient (Wildman–Crippen LogP) is 5.55. The lowest BCUT2D eigenvalue weighted by Gasteiger charge is -2.43. The van der Waals surface area contributed by atoms with Gasteiger partial charge in [0.1, 0.15) is 5.82 Å². The van der Waals surface area contributed by atoms with Gasteiger partial charge in [-0.15, -0.1) is 0 Å². The van der Waals surface area contributed by atoms with Gasteiger partial charge >= 0.3 is 6.03 Å². The van der Waals surface area contributed by atoms with E-state index < -0.39 is 0 Å². The maximum atomic E-state index is 14.0. The average Bonchev–Trinajstić information content (AvgIpc) is 3.21.